The van der Waals surface area contributed by atoms with E-state index >= 15 is 0 Å². The molecule has 0 aromatic carbocycles. The molecule has 27 heavy (non-hydrogen) atoms. The van der Waals surface area contributed by atoms with Gasteiger partial charge in [-0.25, -0.2) is 0 Å². The number of carbonyl (C=O) groups is 2. The van der Waals surface area contributed by atoms with Gasteiger partial charge in [0.15, 0.2) is 0 Å². The van der Waals surface area contributed by atoms with E-state index in [1.54, 1.807) is 24.5 Å². The minimum atomic E-state index is -0.0342. The molecule has 0 bridgehead atoms. The number of amides is 2. The highest BCUT2D eigenvalue weighted by molar-refractivity contribution is 7.10. The van der Waals surface area contributed by atoms with E-state index in [1.807, 2.05) is 36.6 Å². The van der Waals surface area contributed by atoms with Crippen LogP contribution in [0.2, 0.25) is 0 Å². The number of nitrogens with zero attached hydrogens (tertiary/aromatic N) is 1. The van der Waals surface area contributed by atoms with Crippen LogP contribution in [0.4, 0.5) is 0 Å². The van der Waals surface area contributed by atoms with Gasteiger partial charge in [-0.3, -0.25) is 14.6 Å². The molecule has 1 fully saturated rings. The van der Waals surface area contributed by atoms with Crippen LogP contribution in [0.1, 0.15) is 59.6 Å². The van der Waals surface area contributed by atoms with E-state index in [0.717, 1.165) is 48.4 Å². The van der Waals surface area contributed by atoms with Crippen LogP contribution < -0.4 is 10.6 Å². The molecule has 2 amide bonds. The Labute approximate surface area is 164 Å². The monoisotopic (exact) mass is 385 g/mol. The Morgan fingerprint density at radius 2 is 2.04 bits per heavy atom. The van der Waals surface area contributed by atoms with E-state index < -0.39 is 0 Å². The third-order valence-corrected chi connectivity index (χ3v) is 6.13. The van der Waals surface area contributed by atoms with Gasteiger partial charge in [0.1, 0.15) is 0 Å². The van der Waals surface area contributed by atoms with Crippen molar-refractivity contribution >= 4 is 23.2 Å². The fourth-order valence-corrected chi connectivity index (χ4v) is 4.52. The maximum atomic E-state index is 12.2. The second-order valence-electron chi connectivity index (χ2n) is 7.37. The van der Waals surface area contributed by atoms with Gasteiger partial charge in [0.2, 0.25) is 5.91 Å². The number of rotatable bonds is 6. The standard InChI is InChI=1S/C21H27N3O2S/c1-14-11-18(13-27-14)21(26)23-12-16-6-8-17(9-7-16)20(24-15(2)25)19-5-3-4-10-22-19/h3-5,10-11,13,16-17,20H,6-9,12H2,1-2H3,(H,23,26)(H,24,25)/t16?,17?,20-/m1/s1. The molecule has 0 aliphatic heterocycles. The molecule has 1 atom stereocenters. The number of aromatic nitrogens is 1. The zero-order valence-corrected chi connectivity index (χ0v) is 16.7. The van der Waals surface area contributed by atoms with Crippen molar-refractivity contribution in [2.24, 2.45) is 11.8 Å². The molecule has 144 valence electrons. The Balaban J connectivity index is 1.52. The highest BCUT2D eigenvalue weighted by Gasteiger charge is 2.30. The largest absolute Gasteiger partial charge is 0.352 e. The van der Waals surface area contributed by atoms with E-state index in [1.165, 1.54) is 0 Å². The molecule has 6 heteroatoms. The summed E-state index contributed by atoms with van der Waals surface area (Å²) in [5, 5.41) is 8.07. The Kier molecular flexibility index (Phi) is 6.61. The average molecular weight is 386 g/mol. The maximum Gasteiger partial charge on any atom is 0.252 e. The van der Waals surface area contributed by atoms with Crippen LogP contribution in [-0.4, -0.2) is 23.3 Å². The Bertz CT molecular complexity index is 767. The highest BCUT2D eigenvalue weighted by Crippen LogP contribution is 2.36. The molecule has 2 N–H and O–H groups in total. The average Bonchev–Trinajstić information content (AvgIpc) is 3.12. The van der Waals surface area contributed by atoms with Crippen LogP contribution in [-0.2, 0) is 4.79 Å². The van der Waals surface area contributed by atoms with Gasteiger partial charge in [-0.05, 0) is 62.6 Å². The molecule has 0 radical (unpaired) electrons. The van der Waals surface area contributed by atoms with Crippen LogP contribution in [0.5, 0.6) is 0 Å². The Hall–Kier alpha value is -2.21. The smallest absolute Gasteiger partial charge is 0.252 e. The van der Waals surface area contributed by atoms with Crippen molar-refractivity contribution in [2.45, 2.75) is 45.6 Å². The van der Waals surface area contributed by atoms with Gasteiger partial charge in [0, 0.05) is 29.9 Å². The first kappa shape index (κ1) is 19.5. The number of thiophene rings is 1. The van der Waals surface area contributed by atoms with E-state index in [2.05, 4.69) is 15.6 Å². The predicted octanol–water partition coefficient (Wildman–Crippen LogP) is 3.87. The van der Waals surface area contributed by atoms with Crippen LogP contribution >= 0.6 is 11.3 Å². The topological polar surface area (TPSA) is 71.1 Å². The van der Waals surface area contributed by atoms with Crippen LogP contribution in [0.3, 0.4) is 0 Å². The minimum Gasteiger partial charge on any atom is -0.352 e. The summed E-state index contributed by atoms with van der Waals surface area (Å²) in [5.74, 6) is 0.874. The van der Waals surface area contributed by atoms with Gasteiger partial charge in [-0.15, -0.1) is 11.3 Å². The third kappa shape index (κ3) is 5.39. The zero-order chi connectivity index (χ0) is 19.2. The summed E-state index contributed by atoms with van der Waals surface area (Å²) in [4.78, 5) is 29.5. The van der Waals surface area contributed by atoms with Gasteiger partial charge in [0.05, 0.1) is 17.3 Å². The van der Waals surface area contributed by atoms with Crippen molar-refractivity contribution in [3.8, 4) is 0 Å². The number of carbonyl (C=O) groups excluding carboxylic acids is 2. The number of aryl methyl sites for hydroxylation is 1. The van der Waals surface area contributed by atoms with Crippen molar-refractivity contribution in [2.75, 3.05) is 6.54 Å². The quantitative estimate of drug-likeness (QED) is 0.793. The second kappa shape index (κ2) is 9.13. The van der Waals surface area contributed by atoms with Gasteiger partial charge in [-0.2, -0.15) is 0 Å². The molecule has 1 aliphatic carbocycles. The lowest BCUT2D eigenvalue weighted by Gasteiger charge is -2.34. The Morgan fingerprint density at radius 1 is 1.26 bits per heavy atom. The summed E-state index contributed by atoms with van der Waals surface area (Å²) in [6, 6.07) is 7.73. The predicted molar refractivity (Wildman–Crippen MR) is 108 cm³/mol. The molecular weight excluding hydrogens is 358 g/mol. The van der Waals surface area contributed by atoms with E-state index in [9.17, 15) is 9.59 Å². The van der Waals surface area contributed by atoms with Crippen molar-refractivity contribution in [3.63, 3.8) is 0 Å². The van der Waals surface area contributed by atoms with Crippen molar-refractivity contribution in [1.82, 2.24) is 15.6 Å². The molecule has 5 nitrogen and oxygen atoms in total. The van der Waals surface area contributed by atoms with Crippen LogP contribution in [0, 0.1) is 18.8 Å². The zero-order valence-electron chi connectivity index (χ0n) is 15.9. The molecule has 0 saturated heterocycles. The number of hydrogen-bond acceptors (Lipinski definition) is 4. The fourth-order valence-electron chi connectivity index (χ4n) is 3.84. The molecule has 3 rings (SSSR count). The lowest BCUT2D eigenvalue weighted by atomic mass is 9.77. The summed E-state index contributed by atoms with van der Waals surface area (Å²) in [7, 11) is 0. The fraction of sp³-hybridized carbons (Fsp3) is 0.476. The normalized spacial score (nSPS) is 20.7. The van der Waals surface area contributed by atoms with Gasteiger partial charge in [-0.1, -0.05) is 6.07 Å². The van der Waals surface area contributed by atoms with E-state index in [4.69, 9.17) is 0 Å². The Morgan fingerprint density at radius 3 is 2.63 bits per heavy atom. The molecule has 0 unspecified atom stereocenters. The number of hydrogen-bond donors (Lipinski definition) is 2. The summed E-state index contributed by atoms with van der Waals surface area (Å²) < 4.78 is 0. The summed E-state index contributed by atoms with van der Waals surface area (Å²) >= 11 is 1.60. The number of nitrogens with one attached hydrogen (secondary N) is 2. The first-order valence-electron chi connectivity index (χ1n) is 9.54. The SMILES string of the molecule is CC(=O)N[C@@H](c1ccccn1)C1CCC(CNC(=O)c2csc(C)c2)CC1. The molecular formula is C21H27N3O2S. The molecule has 0 spiro atoms. The van der Waals surface area contributed by atoms with Gasteiger partial charge < -0.3 is 10.6 Å². The molecule has 1 saturated carbocycles. The lowest BCUT2D eigenvalue weighted by molar-refractivity contribution is -0.120. The van der Waals surface area contributed by atoms with Crippen LogP contribution in [0.15, 0.2) is 35.8 Å². The minimum absolute atomic E-state index is 0.0195. The van der Waals surface area contributed by atoms with Gasteiger partial charge in [0.25, 0.3) is 5.91 Å². The van der Waals surface area contributed by atoms with Crippen molar-refractivity contribution < 1.29 is 9.59 Å². The van der Waals surface area contributed by atoms with Crippen LogP contribution in [0.25, 0.3) is 0 Å². The third-order valence-electron chi connectivity index (χ3n) is 5.27. The number of pyridine rings is 1. The maximum absolute atomic E-state index is 12.2. The summed E-state index contributed by atoms with van der Waals surface area (Å²) in [6.45, 7) is 4.29. The molecule has 2 aromatic heterocycles. The molecule has 2 aromatic rings. The summed E-state index contributed by atoms with van der Waals surface area (Å²) in [6.07, 6.45) is 5.93. The first-order valence-corrected chi connectivity index (χ1v) is 10.4. The second-order valence-corrected chi connectivity index (χ2v) is 8.49. The van der Waals surface area contributed by atoms with E-state index in [-0.39, 0.29) is 17.9 Å². The summed E-state index contributed by atoms with van der Waals surface area (Å²) in [5.41, 5.74) is 1.68. The molecule has 1 aliphatic rings. The van der Waals surface area contributed by atoms with Gasteiger partial charge >= 0.3 is 0 Å². The highest BCUT2D eigenvalue weighted by atomic mass is 32.1. The van der Waals surface area contributed by atoms with E-state index in [0.29, 0.717) is 11.8 Å². The van der Waals surface area contributed by atoms with Crippen molar-refractivity contribution in [3.05, 3.63) is 52.0 Å². The molecule has 2 heterocycles. The van der Waals surface area contributed by atoms with Crippen molar-refractivity contribution in [1.29, 1.82) is 0 Å². The lowest BCUT2D eigenvalue weighted by Crippen LogP contribution is -2.36. The first-order chi connectivity index (χ1) is 13.0.